The molecule has 0 saturated carbocycles. The quantitative estimate of drug-likeness (QED) is 0.260. The van der Waals surface area contributed by atoms with Gasteiger partial charge in [-0.05, 0) is 30.7 Å². The van der Waals surface area contributed by atoms with Crippen molar-refractivity contribution < 1.29 is 40.1 Å². The number of benzene rings is 3. The maximum atomic E-state index is 13.7. The zero-order chi connectivity index (χ0) is 21.2. The number of hydrogen-bond acceptors (Lipinski definition) is 4. The Balaban J connectivity index is 1.99. The number of halogens is 5. The summed E-state index contributed by atoms with van der Waals surface area (Å²) < 4.78 is 95.6. The predicted octanol–water partition coefficient (Wildman–Crippen LogP) is 6.34. The minimum absolute atomic E-state index is 0.0156. The summed E-state index contributed by atoms with van der Waals surface area (Å²) in [6.45, 7) is 1.24. The van der Waals surface area contributed by atoms with Gasteiger partial charge in [-0.15, -0.1) is 0 Å². The lowest BCUT2D eigenvalue weighted by molar-refractivity contribution is 0.295. The molecule has 0 aliphatic rings. The van der Waals surface area contributed by atoms with Gasteiger partial charge in [0.15, 0.2) is 29.1 Å². The fourth-order valence-corrected chi connectivity index (χ4v) is 3.48. The van der Waals surface area contributed by atoms with Crippen LogP contribution in [0.1, 0.15) is 5.56 Å². The molecule has 1 atom stereocenters. The van der Waals surface area contributed by atoms with Crippen molar-refractivity contribution in [1.82, 2.24) is 0 Å². The van der Waals surface area contributed by atoms with Gasteiger partial charge in [-0.1, -0.05) is 18.2 Å². The van der Waals surface area contributed by atoms with E-state index in [9.17, 15) is 26.5 Å². The number of aryl methyl sites for hydroxylation is 1. The highest BCUT2D eigenvalue weighted by Gasteiger charge is 2.34. The van der Waals surface area contributed by atoms with Crippen LogP contribution >= 0.6 is 7.82 Å². The molecule has 0 radical (unpaired) electrons. The largest absolute Gasteiger partial charge is 0.647 e. The van der Waals surface area contributed by atoms with E-state index in [1.807, 2.05) is 0 Å². The van der Waals surface area contributed by atoms with Crippen molar-refractivity contribution >= 4 is 7.82 Å². The second-order valence-electron chi connectivity index (χ2n) is 5.77. The fourth-order valence-electron chi connectivity index (χ4n) is 2.26. The van der Waals surface area contributed by atoms with Crippen molar-refractivity contribution in [3.05, 3.63) is 89.2 Å². The molecule has 0 saturated heterocycles. The summed E-state index contributed by atoms with van der Waals surface area (Å²) in [5.74, 6) is -8.54. The zero-order valence-corrected chi connectivity index (χ0v) is 15.6. The third-order valence-electron chi connectivity index (χ3n) is 3.54. The first-order chi connectivity index (χ1) is 13.7. The zero-order valence-electron chi connectivity index (χ0n) is 14.7. The summed E-state index contributed by atoms with van der Waals surface area (Å²) in [6, 6.07) is 9.91. The maximum Gasteiger partial charge on any atom is 0.647 e. The number of para-hydroxylation sites is 1. The van der Waals surface area contributed by atoms with E-state index in [-0.39, 0.29) is 11.3 Å². The normalized spacial score (nSPS) is 12.9. The molecule has 0 aliphatic carbocycles. The lowest BCUT2D eigenvalue weighted by atomic mass is 10.2. The lowest BCUT2D eigenvalue weighted by Gasteiger charge is -2.20. The first-order valence-electron chi connectivity index (χ1n) is 8.01. The average molecular weight is 430 g/mol. The topological polar surface area (TPSA) is 44.8 Å². The Morgan fingerprint density at radius 2 is 1.10 bits per heavy atom. The Bertz CT molecular complexity index is 982. The van der Waals surface area contributed by atoms with Gasteiger partial charge in [-0.3, -0.25) is 0 Å². The van der Waals surface area contributed by atoms with Gasteiger partial charge in [-0.2, -0.15) is 4.57 Å². The minimum Gasteiger partial charge on any atom is -0.386 e. The molecule has 152 valence electrons. The standard InChI is InChI=1S/C19H12F5O4P/c1-11-7-13(8-15(20)18(11)23)27-29(25,26-12-5-3-2-4-6-12)28-14-9-16(21)19(24)17(22)10-14/h2-10H,1H3. The number of hydrogen-bond donors (Lipinski definition) is 0. The second kappa shape index (κ2) is 8.13. The highest BCUT2D eigenvalue weighted by molar-refractivity contribution is 7.49. The van der Waals surface area contributed by atoms with Crippen LogP contribution in [-0.2, 0) is 4.57 Å². The lowest BCUT2D eigenvalue weighted by Crippen LogP contribution is -2.09. The van der Waals surface area contributed by atoms with Crippen molar-refractivity contribution in [1.29, 1.82) is 0 Å². The molecule has 29 heavy (non-hydrogen) atoms. The van der Waals surface area contributed by atoms with Gasteiger partial charge in [-0.25, -0.2) is 22.0 Å². The molecule has 3 aromatic rings. The highest BCUT2D eigenvalue weighted by Crippen LogP contribution is 2.50. The van der Waals surface area contributed by atoms with Crippen LogP contribution in [0.15, 0.2) is 54.6 Å². The summed E-state index contributed by atoms with van der Waals surface area (Å²) >= 11 is 0. The molecule has 3 aromatic carbocycles. The van der Waals surface area contributed by atoms with Crippen LogP contribution in [-0.4, -0.2) is 0 Å². The van der Waals surface area contributed by atoms with Crippen LogP contribution in [0, 0.1) is 36.0 Å². The molecule has 10 heteroatoms. The van der Waals surface area contributed by atoms with Crippen LogP contribution in [0.3, 0.4) is 0 Å². The van der Waals surface area contributed by atoms with E-state index in [0.29, 0.717) is 18.2 Å². The molecular formula is C19H12F5O4P. The molecule has 0 bridgehead atoms. The van der Waals surface area contributed by atoms with Crippen molar-refractivity contribution in [2.75, 3.05) is 0 Å². The second-order valence-corrected chi connectivity index (χ2v) is 7.21. The van der Waals surface area contributed by atoms with Crippen LogP contribution in [0.4, 0.5) is 22.0 Å². The van der Waals surface area contributed by atoms with Crippen LogP contribution in [0.25, 0.3) is 0 Å². The smallest absolute Gasteiger partial charge is 0.386 e. The molecule has 0 N–H and O–H groups in total. The minimum atomic E-state index is -4.74. The molecule has 0 aliphatic heterocycles. The SMILES string of the molecule is Cc1cc(OP(=O)(Oc2ccccc2)Oc2cc(F)c(F)c(F)c2)cc(F)c1F. The summed E-state index contributed by atoms with van der Waals surface area (Å²) in [7, 11) is -4.74. The Labute approximate surface area is 162 Å². The van der Waals surface area contributed by atoms with Crippen LogP contribution in [0.5, 0.6) is 17.2 Å². The first kappa shape index (κ1) is 20.7. The summed E-state index contributed by atoms with van der Waals surface area (Å²) in [5, 5.41) is 0. The van der Waals surface area contributed by atoms with Gasteiger partial charge in [0.05, 0.1) is 0 Å². The maximum absolute atomic E-state index is 13.7. The van der Waals surface area contributed by atoms with E-state index in [4.69, 9.17) is 13.6 Å². The summed E-state index contributed by atoms with van der Waals surface area (Å²) in [6.07, 6.45) is 0. The highest BCUT2D eigenvalue weighted by atomic mass is 31.2. The van der Waals surface area contributed by atoms with Gasteiger partial charge < -0.3 is 13.6 Å². The van der Waals surface area contributed by atoms with E-state index < -0.39 is 48.4 Å². The summed E-state index contributed by atoms with van der Waals surface area (Å²) in [5.41, 5.74) is -0.162. The summed E-state index contributed by atoms with van der Waals surface area (Å²) in [4.78, 5) is 0. The average Bonchev–Trinajstić information content (AvgIpc) is 2.64. The monoisotopic (exact) mass is 430 g/mol. The molecule has 0 spiro atoms. The Morgan fingerprint density at radius 3 is 1.62 bits per heavy atom. The molecule has 4 nitrogen and oxygen atoms in total. The van der Waals surface area contributed by atoms with E-state index in [1.54, 1.807) is 6.07 Å². The van der Waals surface area contributed by atoms with Gasteiger partial charge >= 0.3 is 7.82 Å². The Kier molecular flexibility index (Phi) is 5.79. The molecule has 0 aromatic heterocycles. The van der Waals surface area contributed by atoms with E-state index in [1.165, 1.54) is 31.2 Å². The van der Waals surface area contributed by atoms with Gasteiger partial charge in [0, 0.05) is 18.2 Å². The number of phosphoric acid groups is 1. The molecule has 3 rings (SSSR count). The molecule has 0 fully saturated rings. The van der Waals surface area contributed by atoms with Crippen LogP contribution < -0.4 is 13.6 Å². The van der Waals surface area contributed by atoms with Crippen molar-refractivity contribution in [3.63, 3.8) is 0 Å². The van der Waals surface area contributed by atoms with Crippen molar-refractivity contribution in [2.24, 2.45) is 0 Å². The molecule has 0 heterocycles. The number of rotatable bonds is 6. The third-order valence-corrected chi connectivity index (χ3v) is 4.84. The van der Waals surface area contributed by atoms with Crippen LogP contribution in [0.2, 0.25) is 0 Å². The third kappa shape index (κ3) is 4.86. The van der Waals surface area contributed by atoms with E-state index >= 15 is 0 Å². The van der Waals surface area contributed by atoms with Gasteiger partial charge in [0.1, 0.15) is 17.2 Å². The molecular weight excluding hydrogens is 418 g/mol. The van der Waals surface area contributed by atoms with Crippen molar-refractivity contribution in [3.8, 4) is 17.2 Å². The molecule has 0 amide bonds. The van der Waals surface area contributed by atoms with Gasteiger partial charge in [0.2, 0.25) is 0 Å². The Morgan fingerprint density at radius 1 is 0.655 bits per heavy atom. The Hall–Kier alpha value is -3.06. The number of phosphoric ester groups is 1. The van der Waals surface area contributed by atoms with E-state index in [0.717, 1.165) is 6.07 Å². The first-order valence-corrected chi connectivity index (χ1v) is 9.47. The van der Waals surface area contributed by atoms with Gasteiger partial charge in [0.25, 0.3) is 0 Å². The van der Waals surface area contributed by atoms with E-state index in [2.05, 4.69) is 0 Å². The van der Waals surface area contributed by atoms with Crippen molar-refractivity contribution in [2.45, 2.75) is 6.92 Å². The predicted molar refractivity (Wildman–Crippen MR) is 93.3 cm³/mol. The fraction of sp³-hybridized carbons (Fsp3) is 0.0526. The molecule has 1 unspecified atom stereocenters.